The molecule has 3 heterocycles. The topological polar surface area (TPSA) is 59.7 Å². The zero-order chi connectivity index (χ0) is 25.7. The molecule has 1 amide bonds. The van der Waals surface area contributed by atoms with E-state index in [4.69, 9.17) is 0 Å². The van der Waals surface area contributed by atoms with Crippen LogP contribution in [-0.2, 0) is 12.7 Å². The number of benzene rings is 1. The van der Waals surface area contributed by atoms with E-state index in [-0.39, 0.29) is 23.7 Å². The lowest BCUT2D eigenvalue weighted by atomic mass is 9.96. The molecule has 2 aromatic rings. The molecule has 1 fully saturated rings. The van der Waals surface area contributed by atoms with Crippen molar-refractivity contribution in [2.24, 2.45) is 0 Å². The number of rotatable bonds is 4. The van der Waals surface area contributed by atoms with Gasteiger partial charge in [0.2, 0.25) is 0 Å². The minimum atomic E-state index is -4.59. The van der Waals surface area contributed by atoms with Crippen molar-refractivity contribution in [2.75, 3.05) is 31.6 Å². The van der Waals surface area contributed by atoms with Gasteiger partial charge in [0.1, 0.15) is 0 Å². The van der Waals surface area contributed by atoms with Gasteiger partial charge in [0.25, 0.3) is 11.5 Å². The molecule has 1 aromatic carbocycles. The average Bonchev–Trinajstić information content (AvgIpc) is 3.12. The third kappa shape index (κ3) is 4.70. The predicted molar refractivity (Wildman–Crippen MR) is 130 cm³/mol. The molecule has 1 aromatic heterocycles. The molecule has 6 nitrogen and oxygen atoms in total. The van der Waals surface area contributed by atoms with E-state index in [0.717, 1.165) is 37.6 Å². The Morgan fingerprint density at radius 3 is 2.43 bits per heavy atom. The summed E-state index contributed by atoms with van der Waals surface area (Å²) >= 11 is 0. The third-order valence-electron chi connectivity index (χ3n) is 7.53. The fourth-order valence-corrected chi connectivity index (χ4v) is 5.47. The highest BCUT2D eigenvalue weighted by molar-refractivity contribution is 5.98. The van der Waals surface area contributed by atoms with Crippen molar-refractivity contribution in [1.82, 2.24) is 14.8 Å². The molecule has 1 saturated heterocycles. The van der Waals surface area contributed by atoms with Crippen molar-refractivity contribution in [3.05, 3.63) is 62.1 Å². The standard InChI is InChI=1S/C26H33F3N4O2/c1-6-32(19-7-9-31(5)10-8-19)23-13-18(26(27,28)29)12-20(16(23)3)25(35)33-14-22-21(17(33)4)11-15(2)30-24(22)34/h11-13,17,19H,6-10,14H2,1-5H3,(H,30,34). The molecule has 0 aliphatic carbocycles. The van der Waals surface area contributed by atoms with Crippen molar-refractivity contribution in [3.8, 4) is 0 Å². The van der Waals surface area contributed by atoms with E-state index >= 15 is 0 Å². The van der Waals surface area contributed by atoms with Crippen LogP contribution in [0, 0.1) is 13.8 Å². The number of halogens is 3. The largest absolute Gasteiger partial charge is 0.416 e. The number of H-pyrrole nitrogens is 1. The van der Waals surface area contributed by atoms with Gasteiger partial charge >= 0.3 is 6.18 Å². The number of hydrogen-bond acceptors (Lipinski definition) is 4. The Morgan fingerprint density at radius 2 is 1.83 bits per heavy atom. The summed E-state index contributed by atoms with van der Waals surface area (Å²) in [5.41, 5.74) is 1.86. The van der Waals surface area contributed by atoms with E-state index in [1.807, 2.05) is 31.9 Å². The highest BCUT2D eigenvalue weighted by atomic mass is 19.4. The number of pyridine rings is 1. The first-order valence-corrected chi connectivity index (χ1v) is 12.1. The molecule has 9 heteroatoms. The summed E-state index contributed by atoms with van der Waals surface area (Å²) in [6.45, 7) is 9.62. The molecule has 2 aliphatic heterocycles. The zero-order valence-corrected chi connectivity index (χ0v) is 20.9. The summed E-state index contributed by atoms with van der Waals surface area (Å²) in [6, 6.07) is 3.68. The summed E-state index contributed by atoms with van der Waals surface area (Å²) in [6.07, 6.45) is -2.88. The molecule has 0 saturated carbocycles. The van der Waals surface area contributed by atoms with E-state index in [2.05, 4.69) is 9.88 Å². The average molecular weight is 491 g/mol. The van der Waals surface area contributed by atoms with Gasteiger partial charge in [-0.05, 0) is 90.0 Å². The Balaban J connectivity index is 1.77. The van der Waals surface area contributed by atoms with Gasteiger partial charge in [0, 0.05) is 35.1 Å². The summed E-state index contributed by atoms with van der Waals surface area (Å²) < 4.78 is 41.9. The SMILES string of the molecule is CCN(c1cc(C(F)(F)F)cc(C(=O)N2Cc3c(cc(C)[nH]c3=O)C2C)c1C)C1CCN(C)CC1. The van der Waals surface area contributed by atoms with Gasteiger partial charge in [-0.15, -0.1) is 0 Å². The smallest absolute Gasteiger partial charge is 0.368 e. The molecule has 0 bridgehead atoms. The van der Waals surface area contributed by atoms with E-state index in [0.29, 0.717) is 29.1 Å². The number of amides is 1. The highest BCUT2D eigenvalue weighted by Crippen LogP contribution is 2.39. The van der Waals surface area contributed by atoms with Crippen LogP contribution in [0.25, 0.3) is 0 Å². The van der Waals surface area contributed by atoms with Gasteiger partial charge in [-0.25, -0.2) is 0 Å². The van der Waals surface area contributed by atoms with Gasteiger partial charge < -0.3 is 19.7 Å². The fourth-order valence-electron chi connectivity index (χ4n) is 5.47. The number of anilines is 1. The number of hydrogen-bond donors (Lipinski definition) is 1. The first-order chi connectivity index (χ1) is 16.4. The summed E-state index contributed by atoms with van der Waals surface area (Å²) in [4.78, 5) is 34.7. The van der Waals surface area contributed by atoms with Crippen molar-refractivity contribution in [3.63, 3.8) is 0 Å². The maximum absolute atomic E-state index is 14.0. The van der Waals surface area contributed by atoms with Gasteiger partial charge in [-0.2, -0.15) is 13.2 Å². The van der Waals surface area contributed by atoms with Crippen LogP contribution in [0.4, 0.5) is 18.9 Å². The van der Waals surface area contributed by atoms with E-state index in [9.17, 15) is 22.8 Å². The second-order valence-corrected chi connectivity index (χ2v) is 9.81. The van der Waals surface area contributed by atoms with Crippen LogP contribution in [-0.4, -0.2) is 53.4 Å². The monoisotopic (exact) mass is 490 g/mol. The molecule has 2 aliphatic rings. The molecule has 4 rings (SSSR count). The first-order valence-electron chi connectivity index (χ1n) is 12.1. The van der Waals surface area contributed by atoms with Crippen LogP contribution in [0.2, 0.25) is 0 Å². The summed E-state index contributed by atoms with van der Waals surface area (Å²) in [7, 11) is 2.04. The van der Waals surface area contributed by atoms with Crippen molar-refractivity contribution >= 4 is 11.6 Å². The van der Waals surface area contributed by atoms with Crippen molar-refractivity contribution in [1.29, 1.82) is 0 Å². The van der Waals surface area contributed by atoms with Crippen LogP contribution in [0.5, 0.6) is 0 Å². The fraction of sp³-hybridized carbons (Fsp3) is 0.538. The third-order valence-corrected chi connectivity index (χ3v) is 7.53. The molecular formula is C26H33F3N4O2. The molecule has 1 unspecified atom stereocenters. The maximum Gasteiger partial charge on any atom is 0.416 e. The lowest BCUT2D eigenvalue weighted by molar-refractivity contribution is -0.137. The van der Waals surface area contributed by atoms with Crippen molar-refractivity contribution in [2.45, 2.75) is 65.3 Å². The maximum atomic E-state index is 14.0. The molecule has 1 atom stereocenters. The van der Waals surface area contributed by atoms with Crippen LogP contribution in [0.1, 0.15) is 71.0 Å². The lowest BCUT2D eigenvalue weighted by Crippen LogP contribution is -2.44. The van der Waals surface area contributed by atoms with Gasteiger partial charge in [-0.1, -0.05) is 0 Å². The Kier molecular flexibility index (Phi) is 6.74. The number of aryl methyl sites for hydroxylation is 1. The normalized spacial score (nSPS) is 19.2. The first kappa shape index (κ1) is 25.3. The molecule has 1 N–H and O–H groups in total. The van der Waals surface area contributed by atoms with E-state index in [1.54, 1.807) is 13.8 Å². The van der Waals surface area contributed by atoms with Gasteiger partial charge in [0.15, 0.2) is 0 Å². The van der Waals surface area contributed by atoms with Gasteiger partial charge in [-0.3, -0.25) is 9.59 Å². The Hall–Kier alpha value is -2.81. The van der Waals surface area contributed by atoms with E-state index < -0.39 is 23.7 Å². The quantitative estimate of drug-likeness (QED) is 0.678. The van der Waals surface area contributed by atoms with Crippen molar-refractivity contribution < 1.29 is 18.0 Å². The molecule has 0 spiro atoms. The minimum Gasteiger partial charge on any atom is -0.368 e. The summed E-state index contributed by atoms with van der Waals surface area (Å²) in [5.74, 6) is -0.491. The zero-order valence-electron chi connectivity index (χ0n) is 20.9. The second kappa shape index (κ2) is 9.33. The van der Waals surface area contributed by atoms with Crippen LogP contribution < -0.4 is 10.5 Å². The highest BCUT2D eigenvalue weighted by Gasteiger charge is 2.38. The molecule has 0 radical (unpaired) electrons. The second-order valence-electron chi connectivity index (χ2n) is 9.81. The number of aromatic nitrogens is 1. The summed E-state index contributed by atoms with van der Waals surface area (Å²) in [5, 5.41) is 0. The Morgan fingerprint density at radius 1 is 1.17 bits per heavy atom. The number of alkyl halides is 3. The van der Waals surface area contributed by atoms with Crippen LogP contribution in [0.3, 0.4) is 0 Å². The number of fused-ring (bicyclic) bond motifs is 1. The molecule has 35 heavy (non-hydrogen) atoms. The van der Waals surface area contributed by atoms with E-state index in [1.165, 1.54) is 11.0 Å². The molecular weight excluding hydrogens is 457 g/mol. The Labute approximate surface area is 203 Å². The van der Waals surface area contributed by atoms with Crippen LogP contribution in [0.15, 0.2) is 23.0 Å². The lowest BCUT2D eigenvalue weighted by Gasteiger charge is -2.39. The number of likely N-dealkylation sites (tertiary alicyclic amines) is 1. The Bertz CT molecular complexity index is 1180. The number of piperidine rings is 1. The molecule has 190 valence electrons. The number of carbonyl (C=O) groups is 1. The number of nitrogens with zero attached hydrogens (tertiary/aromatic N) is 3. The number of carbonyl (C=O) groups excluding carboxylic acids is 1. The van der Waals surface area contributed by atoms with Gasteiger partial charge in [0.05, 0.1) is 18.2 Å². The van der Waals surface area contributed by atoms with Crippen LogP contribution >= 0.6 is 0 Å². The minimum absolute atomic E-state index is 0.0361. The number of nitrogens with one attached hydrogen (secondary N) is 1. The number of aromatic amines is 1. The predicted octanol–water partition coefficient (Wildman–Crippen LogP) is 4.65.